The van der Waals surface area contributed by atoms with Crippen LogP contribution in [0, 0.1) is 0 Å². The summed E-state index contributed by atoms with van der Waals surface area (Å²) in [6.07, 6.45) is 5.63. The molecule has 0 radical (unpaired) electrons. The molecule has 1 unspecified atom stereocenters. The Bertz CT molecular complexity index is 567. The van der Waals surface area contributed by atoms with Crippen LogP contribution < -0.4 is 5.73 Å². The van der Waals surface area contributed by atoms with Gasteiger partial charge in [-0.3, -0.25) is 9.78 Å². The maximum Gasteiger partial charge on any atom is 0.305 e. The predicted molar refractivity (Wildman–Crippen MR) is 81.7 cm³/mol. The van der Waals surface area contributed by atoms with E-state index in [1.807, 2.05) is 24.3 Å². The van der Waals surface area contributed by atoms with Gasteiger partial charge in [0.05, 0.1) is 13.2 Å². The van der Waals surface area contributed by atoms with Gasteiger partial charge in [0.25, 0.3) is 0 Å². The van der Waals surface area contributed by atoms with Gasteiger partial charge in [-0.2, -0.15) is 0 Å². The molecule has 0 spiro atoms. The summed E-state index contributed by atoms with van der Waals surface area (Å²) in [4.78, 5) is 15.1. The largest absolute Gasteiger partial charge is 0.469 e. The van der Waals surface area contributed by atoms with Crippen LogP contribution in [0.4, 0.5) is 0 Å². The first-order valence-electron chi connectivity index (χ1n) is 7.02. The second kappa shape index (κ2) is 7.55. The van der Waals surface area contributed by atoms with Crippen molar-refractivity contribution in [2.75, 3.05) is 7.11 Å². The molecule has 0 amide bonds. The van der Waals surface area contributed by atoms with Crippen molar-refractivity contribution < 1.29 is 9.53 Å². The average Bonchev–Trinajstić information content (AvgIpc) is 2.55. The molecule has 1 atom stereocenters. The van der Waals surface area contributed by atoms with Crippen molar-refractivity contribution in [3.63, 3.8) is 0 Å². The fourth-order valence-electron chi connectivity index (χ4n) is 2.18. The molecule has 21 heavy (non-hydrogen) atoms. The van der Waals surface area contributed by atoms with Crippen molar-refractivity contribution in [3.05, 3.63) is 65.5 Å². The Kier molecular flexibility index (Phi) is 5.46. The third-order valence-corrected chi connectivity index (χ3v) is 3.46. The van der Waals surface area contributed by atoms with Crippen LogP contribution in [0.1, 0.15) is 35.6 Å². The van der Waals surface area contributed by atoms with E-state index in [9.17, 15) is 4.79 Å². The fraction of sp³-hybridized carbons (Fsp3) is 0.294. The number of nitrogens with zero attached hydrogens (tertiary/aromatic N) is 1. The van der Waals surface area contributed by atoms with Gasteiger partial charge in [0.2, 0.25) is 0 Å². The zero-order valence-corrected chi connectivity index (χ0v) is 12.2. The van der Waals surface area contributed by atoms with Gasteiger partial charge in [0.1, 0.15) is 0 Å². The van der Waals surface area contributed by atoms with Crippen molar-refractivity contribution in [2.24, 2.45) is 5.73 Å². The number of aromatic nitrogens is 1. The molecule has 2 aromatic rings. The Morgan fingerprint density at radius 1 is 1.24 bits per heavy atom. The van der Waals surface area contributed by atoms with E-state index in [1.54, 1.807) is 12.4 Å². The fourth-order valence-corrected chi connectivity index (χ4v) is 2.18. The van der Waals surface area contributed by atoms with Crippen LogP contribution in [-0.4, -0.2) is 18.1 Å². The molecule has 4 heteroatoms. The van der Waals surface area contributed by atoms with Crippen LogP contribution in [0.2, 0.25) is 0 Å². The molecule has 0 aliphatic heterocycles. The third-order valence-electron chi connectivity index (χ3n) is 3.46. The second-order valence-electron chi connectivity index (χ2n) is 4.94. The zero-order valence-electron chi connectivity index (χ0n) is 12.2. The van der Waals surface area contributed by atoms with Gasteiger partial charge < -0.3 is 10.5 Å². The molecule has 4 nitrogen and oxygen atoms in total. The number of pyridine rings is 1. The molecule has 0 bridgehead atoms. The summed E-state index contributed by atoms with van der Waals surface area (Å²) in [7, 11) is 1.41. The molecule has 0 aliphatic rings. The topological polar surface area (TPSA) is 65.2 Å². The van der Waals surface area contributed by atoms with Crippen molar-refractivity contribution in [1.82, 2.24) is 4.98 Å². The zero-order chi connectivity index (χ0) is 15.1. The van der Waals surface area contributed by atoms with Crippen LogP contribution in [0.5, 0.6) is 0 Å². The molecule has 2 rings (SSSR count). The molecule has 1 aromatic heterocycles. The number of nitrogens with two attached hydrogens (primary N) is 1. The van der Waals surface area contributed by atoms with Crippen molar-refractivity contribution >= 4 is 5.97 Å². The van der Waals surface area contributed by atoms with E-state index in [-0.39, 0.29) is 12.0 Å². The van der Waals surface area contributed by atoms with Crippen molar-refractivity contribution in [3.8, 4) is 0 Å². The Hall–Kier alpha value is -2.20. The number of carbonyl (C=O) groups is 1. The quantitative estimate of drug-likeness (QED) is 0.828. The van der Waals surface area contributed by atoms with Crippen LogP contribution in [0.25, 0.3) is 0 Å². The molecule has 1 aromatic carbocycles. The summed E-state index contributed by atoms with van der Waals surface area (Å²) in [5.74, 6) is -0.162. The van der Waals surface area contributed by atoms with E-state index in [0.29, 0.717) is 6.42 Å². The van der Waals surface area contributed by atoms with Gasteiger partial charge in [-0.1, -0.05) is 30.3 Å². The van der Waals surface area contributed by atoms with Crippen LogP contribution >= 0.6 is 0 Å². The van der Waals surface area contributed by atoms with E-state index < -0.39 is 0 Å². The lowest BCUT2D eigenvalue weighted by Crippen LogP contribution is -2.11. The maximum atomic E-state index is 11.1. The number of benzene rings is 1. The highest BCUT2D eigenvalue weighted by molar-refractivity contribution is 5.69. The number of methoxy groups -OCH3 is 1. The molecule has 0 saturated heterocycles. The average molecular weight is 284 g/mol. The smallest absolute Gasteiger partial charge is 0.305 e. The molecule has 0 fully saturated rings. The van der Waals surface area contributed by atoms with Crippen molar-refractivity contribution in [2.45, 2.75) is 25.3 Å². The molecule has 110 valence electrons. The summed E-state index contributed by atoms with van der Waals surface area (Å²) < 4.78 is 4.63. The highest BCUT2D eigenvalue weighted by Crippen LogP contribution is 2.19. The molecule has 0 saturated carbocycles. The first-order chi connectivity index (χ1) is 10.2. The molecular weight excluding hydrogens is 264 g/mol. The highest BCUT2D eigenvalue weighted by atomic mass is 16.5. The Balaban J connectivity index is 1.94. The molecule has 2 N–H and O–H groups in total. The predicted octanol–water partition coefficient (Wildman–Crippen LogP) is 2.63. The Labute approximate surface area is 125 Å². The van der Waals surface area contributed by atoms with E-state index in [1.165, 1.54) is 12.7 Å². The number of ether oxygens (including phenoxy) is 1. The standard InChI is InChI=1S/C17H20N2O2/c1-21-16(20)6-2-4-13-7-9-14(10-8-13)17(18)15-5-3-11-19-12-15/h3,5,7-12,17H,2,4,6,18H2,1H3. The second-order valence-corrected chi connectivity index (χ2v) is 4.94. The first-order valence-corrected chi connectivity index (χ1v) is 7.02. The lowest BCUT2D eigenvalue weighted by molar-refractivity contribution is -0.140. The maximum absolute atomic E-state index is 11.1. The van der Waals surface area contributed by atoms with Gasteiger partial charge in [0.15, 0.2) is 0 Å². The van der Waals surface area contributed by atoms with E-state index >= 15 is 0 Å². The molecular formula is C17H20N2O2. The summed E-state index contributed by atoms with van der Waals surface area (Å²) in [6.45, 7) is 0. The minimum Gasteiger partial charge on any atom is -0.469 e. The summed E-state index contributed by atoms with van der Waals surface area (Å²) >= 11 is 0. The van der Waals surface area contributed by atoms with E-state index in [0.717, 1.165) is 24.0 Å². The summed E-state index contributed by atoms with van der Waals surface area (Å²) in [6, 6.07) is 11.9. The van der Waals surface area contributed by atoms with E-state index in [2.05, 4.69) is 21.9 Å². The number of hydrogen-bond acceptors (Lipinski definition) is 4. The third kappa shape index (κ3) is 4.39. The monoisotopic (exact) mass is 284 g/mol. The Morgan fingerprint density at radius 3 is 2.62 bits per heavy atom. The minimum absolute atomic E-state index is 0.162. The van der Waals surface area contributed by atoms with Gasteiger partial charge in [0, 0.05) is 18.8 Å². The number of esters is 1. The summed E-state index contributed by atoms with van der Waals surface area (Å²) in [5, 5.41) is 0. The summed E-state index contributed by atoms with van der Waals surface area (Å²) in [5.41, 5.74) is 9.47. The number of aryl methyl sites for hydroxylation is 1. The van der Waals surface area contributed by atoms with Gasteiger partial charge in [-0.05, 0) is 35.6 Å². The first kappa shape index (κ1) is 15.2. The van der Waals surface area contributed by atoms with Crippen LogP contribution in [-0.2, 0) is 16.0 Å². The minimum atomic E-state index is -0.164. The SMILES string of the molecule is COC(=O)CCCc1ccc(C(N)c2cccnc2)cc1. The molecule has 1 heterocycles. The lowest BCUT2D eigenvalue weighted by Gasteiger charge is -2.12. The van der Waals surface area contributed by atoms with Crippen LogP contribution in [0.15, 0.2) is 48.8 Å². The lowest BCUT2D eigenvalue weighted by atomic mass is 9.98. The molecule has 0 aliphatic carbocycles. The van der Waals surface area contributed by atoms with Crippen molar-refractivity contribution in [1.29, 1.82) is 0 Å². The normalized spacial score (nSPS) is 11.9. The van der Waals surface area contributed by atoms with E-state index in [4.69, 9.17) is 5.73 Å². The highest BCUT2D eigenvalue weighted by Gasteiger charge is 2.08. The number of carbonyl (C=O) groups excluding carboxylic acids is 1. The van der Waals surface area contributed by atoms with Gasteiger partial charge >= 0.3 is 5.97 Å². The number of hydrogen-bond donors (Lipinski definition) is 1. The van der Waals surface area contributed by atoms with Crippen LogP contribution in [0.3, 0.4) is 0 Å². The number of rotatable bonds is 6. The van der Waals surface area contributed by atoms with Gasteiger partial charge in [-0.15, -0.1) is 0 Å². The van der Waals surface area contributed by atoms with Gasteiger partial charge in [-0.25, -0.2) is 0 Å². The Morgan fingerprint density at radius 2 is 2.00 bits per heavy atom.